The SMILES string of the molecule is O=C(CC1(S(=O)(=O)c2ccc(Oc3ccc(Cl)cc3)cc2)CCOCC1)NO. The van der Waals surface area contributed by atoms with Crippen molar-refractivity contribution >= 4 is 27.3 Å². The molecule has 1 fully saturated rings. The summed E-state index contributed by atoms with van der Waals surface area (Å²) in [5.41, 5.74) is 1.53. The number of hydroxylamine groups is 1. The van der Waals surface area contributed by atoms with Crippen LogP contribution < -0.4 is 10.2 Å². The van der Waals surface area contributed by atoms with Gasteiger partial charge in [0, 0.05) is 24.7 Å². The number of ether oxygens (including phenoxy) is 2. The lowest BCUT2D eigenvalue weighted by Gasteiger charge is -2.35. The molecule has 0 spiro atoms. The predicted molar refractivity (Wildman–Crippen MR) is 102 cm³/mol. The van der Waals surface area contributed by atoms with Gasteiger partial charge in [-0.2, -0.15) is 0 Å². The Balaban J connectivity index is 1.85. The highest BCUT2D eigenvalue weighted by Crippen LogP contribution is 2.38. The van der Waals surface area contributed by atoms with Gasteiger partial charge < -0.3 is 9.47 Å². The van der Waals surface area contributed by atoms with Gasteiger partial charge in [-0.3, -0.25) is 10.0 Å². The largest absolute Gasteiger partial charge is 0.457 e. The minimum atomic E-state index is -3.85. The fraction of sp³-hybridized carbons (Fsp3) is 0.316. The van der Waals surface area contributed by atoms with E-state index in [2.05, 4.69) is 0 Å². The van der Waals surface area contributed by atoms with Gasteiger partial charge in [-0.25, -0.2) is 13.9 Å². The molecule has 1 saturated heterocycles. The van der Waals surface area contributed by atoms with Crippen LogP contribution in [0.15, 0.2) is 53.4 Å². The Morgan fingerprint density at radius 1 is 1.07 bits per heavy atom. The summed E-state index contributed by atoms with van der Waals surface area (Å²) in [5, 5.41) is 9.45. The van der Waals surface area contributed by atoms with Crippen LogP contribution in [0, 0.1) is 0 Å². The molecule has 0 unspecified atom stereocenters. The number of carbonyl (C=O) groups excluding carboxylic acids is 1. The molecule has 28 heavy (non-hydrogen) atoms. The number of hydrogen-bond acceptors (Lipinski definition) is 6. The lowest BCUT2D eigenvalue weighted by atomic mass is 9.95. The molecule has 1 aliphatic rings. The number of rotatable bonds is 6. The van der Waals surface area contributed by atoms with Crippen LogP contribution in [0.1, 0.15) is 19.3 Å². The predicted octanol–water partition coefficient (Wildman–Crippen LogP) is 3.35. The van der Waals surface area contributed by atoms with Crippen molar-refractivity contribution in [2.24, 2.45) is 0 Å². The first-order chi connectivity index (χ1) is 13.4. The van der Waals surface area contributed by atoms with Crippen LogP contribution in [0.2, 0.25) is 5.02 Å². The van der Waals surface area contributed by atoms with Gasteiger partial charge >= 0.3 is 0 Å². The maximum absolute atomic E-state index is 13.3. The molecule has 1 amide bonds. The minimum absolute atomic E-state index is 0.0867. The Hall–Kier alpha value is -2.13. The van der Waals surface area contributed by atoms with Gasteiger partial charge in [0.25, 0.3) is 0 Å². The molecule has 9 heteroatoms. The highest BCUT2D eigenvalue weighted by Gasteiger charge is 2.47. The molecule has 1 heterocycles. The summed E-state index contributed by atoms with van der Waals surface area (Å²) < 4.78 is 36.2. The summed E-state index contributed by atoms with van der Waals surface area (Å²) in [6, 6.07) is 12.8. The third kappa shape index (κ3) is 4.30. The van der Waals surface area contributed by atoms with E-state index in [4.69, 9.17) is 26.3 Å². The van der Waals surface area contributed by atoms with Gasteiger partial charge in [0.2, 0.25) is 5.91 Å². The molecule has 2 N–H and O–H groups in total. The molecule has 0 radical (unpaired) electrons. The van der Waals surface area contributed by atoms with E-state index in [0.29, 0.717) is 16.5 Å². The van der Waals surface area contributed by atoms with Gasteiger partial charge in [0.1, 0.15) is 11.5 Å². The average Bonchev–Trinajstić information content (AvgIpc) is 2.70. The van der Waals surface area contributed by atoms with E-state index in [1.165, 1.54) is 17.6 Å². The van der Waals surface area contributed by atoms with E-state index in [1.807, 2.05) is 0 Å². The number of amides is 1. The topological polar surface area (TPSA) is 102 Å². The maximum Gasteiger partial charge on any atom is 0.244 e. The zero-order valence-electron chi connectivity index (χ0n) is 14.9. The van der Waals surface area contributed by atoms with Gasteiger partial charge in [0.15, 0.2) is 9.84 Å². The Morgan fingerprint density at radius 3 is 2.14 bits per heavy atom. The lowest BCUT2D eigenvalue weighted by molar-refractivity contribution is -0.130. The van der Waals surface area contributed by atoms with E-state index in [-0.39, 0.29) is 37.4 Å². The fourth-order valence-electron chi connectivity index (χ4n) is 3.19. The van der Waals surface area contributed by atoms with Crippen LogP contribution in [0.25, 0.3) is 0 Å². The average molecular weight is 426 g/mol. The van der Waals surface area contributed by atoms with Gasteiger partial charge in [0.05, 0.1) is 9.64 Å². The molecule has 0 aromatic heterocycles. The minimum Gasteiger partial charge on any atom is -0.457 e. The Bertz CT molecular complexity index is 922. The van der Waals surface area contributed by atoms with Crippen LogP contribution in [-0.2, 0) is 19.4 Å². The molecule has 0 aliphatic carbocycles. The molecule has 2 aromatic rings. The molecule has 2 aromatic carbocycles. The Labute approximate surface area is 168 Å². The molecule has 0 bridgehead atoms. The summed E-state index contributed by atoms with van der Waals surface area (Å²) in [6.07, 6.45) is 0.00970. The van der Waals surface area contributed by atoms with Crippen molar-refractivity contribution in [3.8, 4) is 11.5 Å². The second-order valence-corrected chi connectivity index (χ2v) is 9.32. The first kappa shape index (κ1) is 20.6. The first-order valence-corrected chi connectivity index (χ1v) is 10.5. The van der Waals surface area contributed by atoms with Crippen molar-refractivity contribution in [2.75, 3.05) is 13.2 Å². The van der Waals surface area contributed by atoms with E-state index >= 15 is 0 Å². The molecular weight excluding hydrogens is 406 g/mol. The molecule has 7 nitrogen and oxygen atoms in total. The van der Waals surface area contributed by atoms with Crippen molar-refractivity contribution in [3.63, 3.8) is 0 Å². The second kappa shape index (κ2) is 8.48. The number of benzene rings is 2. The summed E-state index contributed by atoms with van der Waals surface area (Å²) in [6.45, 7) is 0.464. The molecular formula is C19H20ClNO6S. The Morgan fingerprint density at radius 2 is 1.61 bits per heavy atom. The summed E-state index contributed by atoms with van der Waals surface area (Å²) >= 11 is 5.84. The van der Waals surface area contributed by atoms with Gasteiger partial charge in [-0.15, -0.1) is 0 Å². The zero-order valence-corrected chi connectivity index (χ0v) is 16.5. The van der Waals surface area contributed by atoms with Gasteiger partial charge in [-0.1, -0.05) is 11.6 Å². The van der Waals surface area contributed by atoms with E-state index in [1.54, 1.807) is 36.4 Å². The number of nitrogens with one attached hydrogen (secondary N) is 1. The molecule has 150 valence electrons. The monoisotopic (exact) mass is 425 g/mol. The Kier molecular flexibility index (Phi) is 6.24. The maximum atomic E-state index is 13.3. The fourth-order valence-corrected chi connectivity index (χ4v) is 5.34. The molecule has 1 aliphatic heterocycles. The molecule has 0 atom stereocenters. The summed E-state index contributed by atoms with van der Waals surface area (Å²) in [5.74, 6) is 0.295. The van der Waals surface area contributed by atoms with E-state index < -0.39 is 20.5 Å². The lowest BCUT2D eigenvalue weighted by Crippen LogP contribution is -2.47. The smallest absolute Gasteiger partial charge is 0.244 e. The summed E-state index contributed by atoms with van der Waals surface area (Å²) in [7, 11) is -3.85. The quantitative estimate of drug-likeness (QED) is 0.543. The number of halogens is 1. The van der Waals surface area contributed by atoms with E-state index in [0.717, 1.165) is 0 Å². The highest BCUT2D eigenvalue weighted by atomic mass is 35.5. The van der Waals surface area contributed by atoms with Crippen molar-refractivity contribution in [3.05, 3.63) is 53.6 Å². The van der Waals surface area contributed by atoms with E-state index in [9.17, 15) is 13.2 Å². The second-order valence-electron chi connectivity index (χ2n) is 6.54. The van der Waals surface area contributed by atoms with Crippen molar-refractivity contribution in [1.29, 1.82) is 0 Å². The third-order valence-corrected chi connectivity index (χ3v) is 7.60. The summed E-state index contributed by atoms with van der Waals surface area (Å²) in [4.78, 5) is 11.8. The van der Waals surface area contributed by atoms with Crippen molar-refractivity contribution in [2.45, 2.75) is 28.9 Å². The van der Waals surface area contributed by atoms with Crippen LogP contribution in [-0.4, -0.2) is 37.5 Å². The third-order valence-electron chi connectivity index (χ3n) is 4.76. The van der Waals surface area contributed by atoms with Crippen LogP contribution in [0.3, 0.4) is 0 Å². The molecule has 0 saturated carbocycles. The zero-order chi connectivity index (χ0) is 20.2. The first-order valence-electron chi connectivity index (χ1n) is 8.65. The van der Waals surface area contributed by atoms with Crippen LogP contribution >= 0.6 is 11.6 Å². The van der Waals surface area contributed by atoms with Crippen molar-refractivity contribution < 1.29 is 27.9 Å². The van der Waals surface area contributed by atoms with Gasteiger partial charge in [-0.05, 0) is 61.4 Å². The standard InChI is InChI=1S/C19H20ClNO6S/c20-14-1-3-15(4-2-14)27-16-5-7-17(8-6-16)28(24,25)19(13-18(22)21-23)9-11-26-12-10-19/h1-8,23H,9-13H2,(H,21,22). The highest BCUT2D eigenvalue weighted by molar-refractivity contribution is 7.92. The number of hydrogen-bond donors (Lipinski definition) is 2. The van der Waals surface area contributed by atoms with Crippen molar-refractivity contribution in [1.82, 2.24) is 5.48 Å². The van der Waals surface area contributed by atoms with Crippen LogP contribution in [0.4, 0.5) is 0 Å². The number of sulfone groups is 1. The molecule has 3 rings (SSSR count). The normalized spacial score (nSPS) is 16.4. The number of carbonyl (C=O) groups is 1. The van der Waals surface area contributed by atoms with Crippen LogP contribution in [0.5, 0.6) is 11.5 Å².